The number of ether oxygens (including phenoxy) is 2. The van der Waals surface area contributed by atoms with Gasteiger partial charge in [-0.05, 0) is 32.8 Å². The molecule has 2 amide bonds. The number of hydrogen-bond acceptors (Lipinski definition) is 6. The summed E-state index contributed by atoms with van der Waals surface area (Å²) in [6, 6.07) is 8.32. The Kier molecular flexibility index (Phi) is 8.98. The first kappa shape index (κ1) is 22.1. The first-order chi connectivity index (χ1) is 12.7. The summed E-state index contributed by atoms with van der Waals surface area (Å²) in [5.74, 6) is -0.990. The lowest BCUT2D eigenvalue weighted by Gasteiger charge is -2.21. The van der Waals surface area contributed by atoms with Crippen LogP contribution in [0.15, 0.2) is 30.3 Å². The molecule has 0 aliphatic heterocycles. The van der Waals surface area contributed by atoms with E-state index < -0.39 is 29.6 Å². The molecule has 27 heavy (non-hydrogen) atoms. The largest absolute Gasteiger partial charge is 0.460 e. The van der Waals surface area contributed by atoms with Crippen LogP contribution >= 0.6 is 0 Å². The van der Waals surface area contributed by atoms with Crippen molar-refractivity contribution in [2.75, 3.05) is 6.54 Å². The summed E-state index contributed by atoms with van der Waals surface area (Å²) in [5, 5.41) is 4.80. The van der Waals surface area contributed by atoms with E-state index in [1.165, 1.54) is 0 Å². The molecule has 0 aliphatic carbocycles. The number of amides is 2. The average Bonchev–Trinajstić information content (AvgIpc) is 2.61. The Bertz CT molecular complexity index is 639. The van der Waals surface area contributed by atoms with Gasteiger partial charge in [0.05, 0.1) is 6.04 Å². The molecular formula is C19H26N2O6. The van der Waals surface area contributed by atoms with Crippen LogP contribution in [0.4, 0.5) is 4.79 Å². The minimum absolute atomic E-state index is 0.0365. The van der Waals surface area contributed by atoms with Crippen LogP contribution in [0.25, 0.3) is 0 Å². The lowest BCUT2D eigenvalue weighted by atomic mass is 10.1. The fourth-order valence-corrected chi connectivity index (χ4v) is 1.97. The van der Waals surface area contributed by atoms with Gasteiger partial charge < -0.3 is 24.9 Å². The van der Waals surface area contributed by atoms with Gasteiger partial charge in [-0.3, -0.25) is 9.59 Å². The van der Waals surface area contributed by atoms with Crippen molar-refractivity contribution in [1.29, 1.82) is 0 Å². The van der Waals surface area contributed by atoms with E-state index in [0.717, 1.165) is 5.56 Å². The monoisotopic (exact) mass is 378 g/mol. The van der Waals surface area contributed by atoms with Gasteiger partial charge in [0.25, 0.3) is 0 Å². The number of esters is 1. The predicted octanol–water partition coefficient (Wildman–Crippen LogP) is 1.72. The van der Waals surface area contributed by atoms with Crippen molar-refractivity contribution < 1.29 is 28.7 Å². The highest BCUT2D eigenvalue weighted by Crippen LogP contribution is 2.07. The molecule has 2 N–H and O–H groups in total. The van der Waals surface area contributed by atoms with E-state index in [9.17, 15) is 19.2 Å². The summed E-state index contributed by atoms with van der Waals surface area (Å²) in [5.41, 5.74) is 0.161. The normalized spacial score (nSPS) is 11.8. The molecular weight excluding hydrogens is 352 g/mol. The van der Waals surface area contributed by atoms with E-state index in [0.29, 0.717) is 6.29 Å². The van der Waals surface area contributed by atoms with Crippen molar-refractivity contribution in [3.8, 4) is 0 Å². The first-order valence-corrected chi connectivity index (χ1v) is 8.60. The van der Waals surface area contributed by atoms with Crippen molar-refractivity contribution >= 4 is 24.3 Å². The first-order valence-electron chi connectivity index (χ1n) is 8.60. The summed E-state index contributed by atoms with van der Waals surface area (Å²) in [6.45, 7) is 4.96. The van der Waals surface area contributed by atoms with Gasteiger partial charge in [-0.15, -0.1) is 0 Å². The molecule has 1 aromatic rings. The number of aldehydes is 1. The van der Waals surface area contributed by atoms with Crippen molar-refractivity contribution in [3.63, 3.8) is 0 Å². The van der Waals surface area contributed by atoms with E-state index in [4.69, 9.17) is 9.47 Å². The minimum Gasteiger partial charge on any atom is -0.460 e. The second kappa shape index (κ2) is 10.9. The van der Waals surface area contributed by atoms with Crippen LogP contribution in [0.1, 0.15) is 39.2 Å². The summed E-state index contributed by atoms with van der Waals surface area (Å²) in [7, 11) is 0. The summed E-state index contributed by atoms with van der Waals surface area (Å²) in [4.78, 5) is 46.1. The minimum atomic E-state index is -0.851. The van der Waals surface area contributed by atoms with Crippen LogP contribution in [0.3, 0.4) is 0 Å². The molecule has 0 aromatic heterocycles. The average molecular weight is 378 g/mol. The molecule has 0 spiro atoms. The van der Waals surface area contributed by atoms with Crippen LogP contribution in [-0.2, 0) is 30.5 Å². The van der Waals surface area contributed by atoms with Gasteiger partial charge in [0.15, 0.2) is 0 Å². The van der Waals surface area contributed by atoms with Gasteiger partial charge in [0.2, 0.25) is 5.91 Å². The fraction of sp³-hybridized carbons (Fsp3) is 0.474. The van der Waals surface area contributed by atoms with Crippen LogP contribution in [0.5, 0.6) is 0 Å². The Hall–Kier alpha value is -2.90. The van der Waals surface area contributed by atoms with Crippen LogP contribution in [-0.4, -0.2) is 42.4 Å². The molecule has 0 radical (unpaired) electrons. The lowest BCUT2D eigenvalue weighted by Crippen LogP contribution is -2.40. The maximum absolute atomic E-state index is 11.8. The predicted molar refractivity (Wildman–Crippen MR) is 97.7 cm³/mol. The van der Waals surface area contributed by atoms with Gasteiger partial charge in [-0.25, -0.2) is 4.79 Å². The van der Waals surface area contributed by atoms with Crippen molar-refractivity contribution in [3.05, 3.63) is 35.9 Å². The van der Waals surface area contributed by atoms with Crippen molar-refractivity contribution in [2.24, 2.45) is 0 Å². The smallest absolute Gasteiger partial charge is 0.408 e. The van der Waals surface area contributed by atoms with Gasteiger partial charge in [0, 0.05) is 6.42 Å². The Morgan fingerprint density at radius 3 is 2.41 bits per heavy atom. The standard InChI is InChI=1S/C19H26N2O6/c1-19(2,3)27-18(25)21-15(12-22)9-10-16(23)20-11-17(24)26-13-14-7-5-4-6-8-14/h4-8,12,15H,9-11,13H2,1-3H3,(H,20,23)(H,21,25). The number of benzene rings is 1. The molecule has 1 aromatic carbocycles. The number of nitrogens with one attached hydrogen (secondary N) is 2. The molecule has 0 saturated heterocycles. The number of carbonyl (C=O) groups is 4. The number of rotatable bonds is 9. The van der Waals surface area contributed by atoms with Crippen molar-refractivity contribution in [2.45, 2.75) is 51.9 Å². The third-order valence-electron chi connectivity index (χ3n) is 3.22. The molecule has 0 saturated carbocycles. The third kappa shape index (κ3) is 10.6. The van der Waals surface area contributed by atoms with E-state index in [1.807, 2.05) is 30.3 Å². The molecule has 0 heterocycles. The Morgan fingerprint density at radius 1 is 1.15 bits per heavy atom. The Labute approximate surface area is 158 Å². The maximum atomic E-state index is 11.8. The Morgan fingerprint density at radius 2 is 1.81 bits per heavy atom. The Balaban J connectivity index is 2.25. The fourth-order valence-electron chi connectivity index (χ4n) is 1.97. The second-order valence-corrected chi connectivity index (χ2v) is 6.85. The van der Waals surface area contributed by atoms with Crippen LogP contribution in [0, 0.1) is 0 Å². The molecule has 0 aliphatic rings. The number of hydrogen-bond donors (Lipinski definition) is 2. The highest BCUT2D eigenvalue weighted by atomic mass is 16.6. The molecule has 8 heteroatoms. The summed E-state index contributed by atoms with van der Waals surface area (Å²) < 4.78 is 10.1. The van der Waals surface area contributed by atoms with Crippen molar-refractivity contribution in [1.82, 2.24) is 10.6 Å². The molecule has 1 atom stereocenters. The van der Waals surface area contributed by atoms with Gasteiger partial charge >= 0.3 is 12.1 Å². The molecule has 0 bridgehead atoms. The van der Waals surface area contributed by atoms with Gasteiger partial charge in [0.1, 0.15) is 25.0 Å². The van der Waals surface area contributed by atoms with E-state index in [2.05, 4.69) is 10.6 Å². The number of alkyl carbamates (subject to hydrolysis) is 1. The second-order valence-electron chi connectivity index (χ2n) is 6.85. The summed E-state index contributed by atoms with van der Waals surface area (Å²) in [6.07, 6.45) is -0.145. The maximum Gasteiger partial charge on any atom is 0.408 e. The molecule has 1 unspecified atom stereocenters. The number of carbonyl (C=O) groups excluding carboxylic acids is 4. The van der Waals surface area contributed by atoms with Crippen LogP contribution in [0.2, 0.25) is 0 Å². The van der Waals surface area contributed by atoms with Gasteiger partial charge in [-0.1, -0.05) is 30.3 Å². The quantitative estimate of drug-likeness (QED) is 0.500. The lowest BCUT2D eigenvalue weighted by molar-refractivity contribution is -0.145. The van der Waals surface area contributed by atoms with E-state index in [-0.39, 0.29) is 26.0 Å². The van der Waals surface area contributed by atoms with E-state index >= 15 is 0 Å². The van der Waals surface area contributed by atoms with Gasteiger partial charge in [-0.2, -0.15) is 0 Å². The molecule has 0 fully saturated rings. The van der Waals surface area contributed by atoms with Crippen LogP contribution < -0.4 is 10.6 Å². The van der Waals surface area contributed by atoms with E-state index in [1.54, 1.807) is 20.8 Å². The third-order valence-corrected chi connectivity index (χ3v) is 3.22. The molecule has 1 rings (SSSR count). The molecule has 8 nitrogen and oxygen atoms in total. The highest BCUT2D eigenvalue weighted by molar-refractivity contribution is 5.82. The zero-order valence-electron chi connectivity index (χ0n) is 15.8. The zero-order valence-corrected chi connectivity index (χ0v) is 15.8. The zero-order chi connectivity index (χ0) is 20.3. The summed E-state index contributed by atoms with van der Waals surface area (Å²) >= 11 is 0. The SMILES string of the molecule is CC(C)(C)OC(=O)NC(C=O)CCC(=O)NCC(=O)OCc1ccccc1. The molecule has 148 valence electrons. The highest BCUT2D eigenvalue weighted by Gasteiger charge is 2.19. The topological polar surface area (TPSA) is 111 Å².